The smallest absolute Gasteiger partial charge is 0.377 e. The highest BCUT2D eigenvalue weighted by atomic mass is 16.5. The molecule has 7 heteroatoms. The lowest BCUT2D eigenvalue weighted by Gasteiger charge is -1.95. The molecule has 0 unspecified atom stereocenters. The van der Waals surface area contributed by atoms with E-state index in [4.69, 9.17) is 4.74 Å². The van der Waals surface area contributed by atoms with Crippen LogP contribution in [0, 0.1) is 0 Å². The maximum absolute atomic E-state index is 11.0. The Balaban J connectivity index is 2.50. The van der Waals surface area contributed by atoms with Crippen molar-refractivity contribution < 1.29 is 19.1 Å². The van der Waals surface area contributed by atoms with Crippen molar-refractivity contribution in [2.24, 2.45) is 0 Å². The first kappa shape index (κ1) is 12.9. The van der Waals surface area contributed by atoms with Crippen LogP contribution in [0.3, 0.4) is 0 Å². The predicted molar refractivity (Wildman–Crippen MR) is 57.1 cm³/mol. The van der Waals surface area contributed by atoms with Gasteiger partial charge in [-0.25, -0.2) is 19.3 Å². The zero-order chi connectivity index (χ0) is 12.7. The first-order valence-electron chi connectivity index (χ1n) is 4.98. The number of aromatic nitrogens is 3. The molecule has 7 nitrogen and oxygen atoms in total. The van der Waals surface area contributed by atoms with E-state index in [1.54, 1.807) is 13.0 Å². The molecule has 0 saturated heterocycles. The Morgan fingerprint density at radius 1 is 1.53 bits per heavy atom. The minimum atomic E-state index is -0.599. The molecule has 92 valence electrons. The SMILES string of the molecule is CCOC(=O)/C=C/Cn1cnc(C(=O)OC)n1. The molecule has 0 N–H and O–H groups in total. The Morgan fingerprint density at radius 3 is 2.94 bits per heavy atom. The number of esters is 2. The zero-order valence-electron chi connectivity index (χ0n) is 9.62. The molecule has 0 spiro atoms. The van der Waals surface area contributed by atoms with Gasteiger partial charge < -0.3 is 9.47 Å². The van der Waals surface area contributed by atoms with Crippen molar-refractivity contribution in [1.29, 1.82) is 0 Å². The van der Waals surface area contributed by atoms with Crippen molar-refractivity contribution in [1.82, 2.24) is 14.8 Å². The summed E-state index contributed by atoms with van der Waals surface area (Å²) in [5, 5.41) is 3.85. The summed E-state index contributed by atoms with van der Waals surface area (Å²) >= 11 is 0. The average Bonchev–Trinajstić information content (AvgIpc) is 2.77. The van der Waals surface area contributed by atoms with E-state index in [2.05, 4.69) is 14.8 Å². The molecular weight excluding hydrogens is 226 g/mol. The van der Waals surface area contributed by atoms with Gasteiger partial charge in [-0.05, 0) is 6.92 Å². The van der Waals surface area contributed by atoms with Crippen LogP contribution in [0.5, 0.6) is 0 Å². The van der Waals surface area contributed by atoms with Gasteiger partial charge in [-0.3, -0.25) is 0 Å². The molecule has 0 fully saturated rings. The lowest BCUT2D eigenvalue weighted by molar-refractivity contribution is -0.137. The first-order chi connectivity index (χ1) is 8.17. The van der Waals surface area contributed by atoms with Crippen molar-refractivity contribution in [3.8, 4) is 0 Å². The standard InChI is InChI=1S/C10H13N3O4/c1-3-17-8(14)5-4-6-13-7-11-9(12-13)10(15)16-2/h4-5,7H,3,6H2,1-2H3/b5-4+. The number of carbonyl (C=O) groups excluding carboxylic acids is 2. The monoisotopic (exact) mass is 239 g/mol. The van der Waals surface area contributed by atoms with E-state index in [-0.39, 0.29) is 5.82 Å². The van der Waals surface area contributed by atoms with E-state index in [0.29, 0.717) is 13.2 Å². The quantitative estimate of drug-likeness (QED) is 0.538. The third-order valence-corrected chi connectivity index (χ3v) is 1.74. The summed E-state index contributed by atoms with van der Waals surface area (Å²) in [6, 6.07) is 0. The number of nitrogens with zero attached hydrogens (tertiary/aromatic N) is 3. The average molecular weight is 239 g/mol. The Kier molecular flexibility index (Phi) is 4.86. The molecule has 1 rings (SSSR count). The molecule has 17 heavy (non-hydrogen) atoms. The molecular formula is C10H13N3O4. The van der Waals surface area contributed by atoms with Gasteiger partial charge in [-0.1, -0.05) is 6.08 Å². The summed E-state index contributed by atoms with van der Waals surface area (Å²) in [5.74, 6) is -1.03. The summed E-state index contributed by atoms with van der Waals surface area (Å²) in [6.07, 6.45) is 4.23. The number of rotatable bonds is 5. The summed E-state index contributed by atoms with van der Waals surface area (Å²) in [6.45, 7) is 2.38. The van der Waals surface area contributed by atoms with E-state index in [1.807, 2.05) is 0 Å². The van der Waals surface area contributed by atoms with Crippen LogP contribution in [0.15, 0.2) is 18.5 Å². The van der Waals surface area contributed by atoms with Gasteiger partial charge in [0.05, 0.1) is 20.3 Å². The molecule has 0 saturated carbocycles. The summed E-state index contributed by atoms with van der Waals surface area (Å²) in [4.78, 5) is 25.8. The molecule has 0 radical (unpaired) electrons. The molecule has 0 aliphatic carbocycles. The second-order valence-corrected chi connectivity index (χ2v) is 2.94. The van der Waals surface area contributed by atoms with Crippen molar-refractivity contribution >= 4 is 11.9 Å². The fourth-order valence-electron chi connectivity index (χ4n) is 1.01. The topological polar surface area (TPSA) is 83.3 Å². The molecule has 0 aliphatic heterocycles. The summed E-state index contributed by atoms with van der Waals surface area (Å²) < 4.78 is 10.6. The van der Waals surface area contributed by atoms with Crippen LogP contribution in [0.25, 0.3) is 0 Å². The normalized spacial score (nSPS) is 10.5. The van der Waals surface area contributed by atoms with Gasteiger partial charge in [0, 0.05) is 6.08 Å². The molecule has 0 amide bonds. The van der Waals surface area contributed by atoms with Crippen molar-refractivity contribution in [3.05, 3.63) is 24.3 Å². The molecule has 1 aromatic heterocycles. The number of methoxy groups -OCH3 is 1. The number of carbonyl (C=O) groups is 2. The second-order valence-electron chi connectivity index (χ2n) is 2.94. The van der Waals surface area contributed by atoms with Gasteiger partial charge in [0.15, 0.2) is 0 Å². The van der Waals surface area contributed by atoms with Crippen LogP contribution >= 0.6 is 0 Å². The number of ether oxygens (including phenoxy) is 2. The van der Waals surface area contributed by atoms with Crippen LogP contribution in [0.2, 0.25) is 0 Å². The Hall–Kier alpha value is -2.18. The molecule has 0 bridgehead atoms. The van der Waals surface area contributed by atoms with E-state index < -0.39 is 11.9 Å². The molecule has 0 atom stereocenters. The Labute approximate surface area is 98.0 Å². The largest absolute Gasteiger partial charge is 0.463 e. The van der Waals surface area contributed by atoms with Crippen LogP contribution in [-0.4, -0.2) is 40.4 Å². The fourth-order valence-corrected chi connectivity index (χ4v) is 1.01. The predicted octanol–water partition coefficient (Wildman–Crippen LogP) is 0.184. The number of allylic oxidation sites excluding steroid dienone is 1. The minimum Gasteiger partial charge on any atom is -0.463 e. The highest BCUT2D eigenvalue weighted by Gasteiger charge is 2.10. The van der Waals surface area contributed by atoms with Gasteiger partial charge in [-0.2, -0.15) is 0 Å². The molecule has 0 aromatic carbocycles. The van der Waals surface area contributed by atoms with Crippen LogP contribution in [0.1, 0.15) is 17.5 Å². The minimum absolute atomic E-state index is 0.0166. The van der Waals surface area contributed by atoms with Gasteiger partial charge in [-0.15, -0.1) is 5.10 Å². The van der Waals surface area contributed by atoms with Crippen LogP contribution < -0.4 is 0 Å². The third-order valence-electron chi connectivity index (χ3n) is 1.74. The summed E-state index contributed by atoms with van der Waals surface area (Å²) in [7, 11) is 1.25. The molecule has 1 aromatic rings. The van der Waals surface area contributed by atoms with Crippen LogP contribution in [0.4, 0.5) is 0 Å². The molecule has 1 heterocycles. The lowest BCUT2D eigenvalue weighted by Crippen LogP contribution is -2.05. The second kappa shape index (κ2) is 6.41. The van der Waals surface area contributed by atoms with E-state index in [1.165, 1.54) is 24.2 Å². The maximum atomic E-state index is 11.0. The highest BCUT2D eigenvalue weighted by molar-refractivity contribution is 5.84. The van der Waals surface area contributed by atoms with Crippen molar-refractivity contribution in [3.63, 3.8) is 0 Å². The Morgan fingerprint density at radius 2 is 2.29 bits per heavy atom. The van der Waals surface area contributed by atoms with E-state index in [9.17, 15) is 9.59 Å². The summed E-state index contributed by atoms with van der Waals surface area (Å²) in [5.41, 5.74) is 0. The van der Waals surface area contributed by atoms with Crippen LogP contribution in [-0.2, 0) is 20.8 Å². The third kappa shape index (κ3) is 4.06. The number of hydrogen-bond acceptors (Lipinski definition) is 6. The van der Waals surface area contributed by atoms with Gasteiger partial charge in [0.2, 0.25) is 0 Å². The first-order valence-corrected chi connectivity index (χ1v) is 4.98. The zero-order valence-corrected chi connectivity index (χ0v) is 9.62. The Bertz CT molecular complexity index is 425. The van der Waals surface area contributed by atoms with Gasteiger partial charge >= 0.3 is 11.9 Å². The van der Waals surface area contributed by atoms with Gasteiger partial charge in [0.1, 0.15) is 6.33 Å². The van der Waals surface area contributed by atoms with Crippen molar-refractivity contribution in [2.45, 2.75) is 13.5 Å². The van der Waals surface area contributed by atoms with E-state index in [0.717, 1.165) is 0 Å². The highest BCUT2D eigenvalue weighted by Crippen LogP contribution is 1.93. The van der Waals surface area contributed by atoms with E-state index >= 15 is 0 Å². The number of hydrogen-bond donors (Lipinski definition) is 0. The van der Waals surface area contributed by atoms with Crippen molar-refractivity contribution in [2.75, 3.05) is 13.7 Å². The maximum Gasteiger partial charge on any atom is 0.377 e. The molecule has 0 aliphatic rings. The van der Waals surface area contributed by atoms with Gasteiger partial charge in [0.25, 0.3) is 5.82 Å². The fraction of sp³-hybridized carbons (Fsp3) is 0.400. The lowest BCUT2D eigenvalue weighted by atomic mass is 10.5.